The molecule has 0 radical (unpaired) electrons. The minimum atomic E-state index is -4.03. The second kappa shape index (κ2) is 8.55. The molecule has 0 bridgehead atoms. The van der Waals surface area contributed by atoms with Gasteiger partial charge in [0.1, 0.15) is 5.75 Å². The molecule has 0 aromatic heterocycles. The van der Waals surface area contributed by atoms with Crippen molar-refractivity contribution in [3.8, 4) is 11.5 Å². The zero-order valence-electron chi connectivity index (χ0n) is 15.7. The predicted octanol–water partition coefficient (Wildman–Crippen LogP) is 6.59. The van der Waals surface area contributed by atoms with E-state index in [-0.39, 0.29) is 18.1 Å². The molecule has 2 aromatic carbocycles. The van der Waals surface area contributed by atoms with Crippen LogP contribution in [0.4, 0.5) is 26.3 Å². The van der Waals surface area contributed by atoms with Gasteiger partial charge < -0.3 is 9.47 Å². The Morgan fingerprint density at radius 2 is 1.52 bits per heavy atom. The van der Waals surface area contributed by atoms with Crippen molar-refractivity contribution in [2.24, 2.45) is 5.92 Å². The topological polar surface area (TPSA) is 18.5 Å². The second-order valence-electron chi connectivity index (χ2n) is 7.38. The quantitative estimate of drug-likeness (QED) is 0.389. The lowest BCUT2D eigenvalue weighted by Gasteiger charge is -2.26. The van der Waals surface area contributed by atoms with Crippen LogP contribution in [0.1, 0.15) is 44.1 Å². The van der Waals surface area contributed by atoms with Gasteiger partial charge in [-0.15, -0.1) is 0 Å². The van der Waals surface area contributed by atoms with E-state index in [1.807, 2.05) is 0 Å². The molecular formula is C21H20F6O2. The molecule has 0 amide bonds. The van der Waals surface area contributed by atoms with Crippen molar-refractivity contribution in [3.63, 3.8) is 0 Å². The summed E-state index contributed by atoms with van der Waals surface area (Å²) in [6.07, 6.45) is -0.0340. The summed E-state index contributed by atoms with van der Waals surface area (Å²) >= 11 is 0. The number of ether oxygens (including phenoxy) is 2. The van der Waals surface area contributed by atoms with Gasteiger partial charge in [-0.25, -0.2) is 17.6 Å². The van der Waals surface area contributed by atoms with Crippen LogP contribution in [-0.2, 0) is 0 Å². The van der Waals surface area contributed by atoms with Crippen molar-refractivity contribution in [1.82, 2.24) is 0 Å². The Kier molecular flexibility index (Phi) is 6.29. The molecule has 2 nitrogen and oxygen atoms in total. The minimum absolute atomic E-state index is 0.225. The lowest BCUT2D eigenvalue weighted by Crippen LogP contribution is -2.32. The minimum Gasteiger partial charge on any atom is -0.480 e. The maximum absolute atomic E-state index is 14.3. The fourth-order valence-corrected chi connectivity index (χ4v) is 3.44. The fraction of sp³-hybridized carbons (Fsp3) is 0.429. The molecule has 0 atom stereocenters. The lowest BCUT2D eigenvalue weighted by molar-refractivity contribution is -0.196. The molecule has 29 heavy (non-hydrogen) atoms. The van der Waals surface area contributed by atoms with Crippen LogP contribution in [0.3, 0.4) is 0 Å². The number of halogens is 6. The lowest BCUT2D eigenvalue weighted by atomic mass is 9.79. The highest BCUT2D eigenvalue weighted by molar-refractivity contribution is 5.32. The molecule has 0 saturated heterocycles. The van der Waals surface area contributed by atoms with E-state index in [0.717, 1.165) is 31.2 Å². The van der Waals surface area contributed by atoms with Gasteiger partial charge in [0, 0.05) is 12.1 Å². The average Bonchev–Trinajstić information content (AvgIpc) is 2.65. The van der Waals surface area contributed by atoms with E-state index < -0.39 is 47.5 Å². The summed E-state index contributed by atoms with van der Waals surface area (Å²) in [5, 5.41) is 0. The molecule has 1 aliphatic carbocycles. The van der Waals surface area contributed by atoms with Crippen LogP contribution in [0.2, 0.25) is 0 Å². The third-order valence-electron chi connectivity index (χ3n) is 5.06. The summed E-state index contributed by atoms with van der Waals surface area (Å²) in [5.74, 6) is -6.37. The summed E-state index contributed by atoms with van der Waals surface area (Å²) in [5.41, 5.74) is 0.794. The van der Waals surface area contributed by atoms with Gasteiger partial charge >= 0.3 is 6.11 Å². The summed E-state index contributed by atoms with van der Waals surface area (Å²) < 4.78 is 90.2. The van der Waals surface area contributed by atoms with Gasteiger partial charge in [0.15, 0.2) is 35.6 Å². The average molecular weight is 418 g/mol. The third kappa shape index (κ3) is 5.36. The van der Waals surface area contributed by atoms with Crippen molar-refractivity contribution in [2.45, 2.75) is 44.6 Å². The third-order valence-corrected chi connectivity index (χ3v) is 5.06. The van der Waals surface area contributed by atoms with Crippen molar-refractivity contribution < 1.29 is 35.8 Å². The monoisotopic (exact) mass is 418 g/mol. The molecule has 1 fully saturated rings. The molecule has 0 N–H and O–H groups in total. The van der Waals surface area contributed by atoms with Gasteiger partial charge in [0.05, 0.1) is 0 Å². The normalized spacial score (nSPS) is 19.8. The molecule has 1 aliphatic rings. The number of hydrogen-bond donors (Lipinski definition) is 0. The zero-order valence-corrected chi connectivity index (χ0v) is 15.7. The maximum Gasteiger partial charge on any atom is 0.433 e. The Balaban J connectivity index is 1.62. The van der Waals surface area contributed by atoms with Crippen LogP contribution in [0, 0.1) is 29.2 Å². The first-order chi connectivity index (χ1) is 13.6. The largest absolute Gasteiger partial charge is 0.480 e. The highest BCUT2D eigenvalue weighted by Crippen LogP contribution is 2.37. The van der Waals surface area contributed by atoms with E-state index >= 15 is 0 Å². The number of benzene rings is 2. The number of hydrogen-bond acceptors (Lipinski definition) is 2. The Morgan fingerprint density at radius 1 is 0.897 bits per heavy atom. The van der Waals surface area contributed by atoms with E-state index in [1.165, 1.54) is 12.1 Å². The molecule has 0 aliphatic heterocycles. The van der Waals surface area contributed by atoms with Gasteiger partial charge in [0.2, 0.25) is 0 Å². The number of rotatable bonds is 6. The SMILES string of the molecule is CC1CCC(c2ccc(OCC(F)(F)Oc3cc(F)c(F)c(F)c3)c(F)c2)CC1. The van der Waals surface area contributed by atoms with Crippen LogP contribution in [0.5, 0.6) is 11.5 Å². The molecule has 0 unspecified atom stereocenters. The van der Waals surface area contributed by atoms with E-state index in [0.29, 0.717) is 5.92 Å². The van der Waals surface area contributed by atoms with Gasteiger partial charge in [0.25, 0.3) is 0 Å². The number of alkyl halides is 2. The summed E-state index contributed by atoms with van der Waals surface area (Å²) in [7, 11) is 0. The van der Waals surface area contributed by atoms with Crippen LogP contribution >= 0.6 is 0 Å². The summed E-state index contributed by atoms with van der Waals surface area (Å²) in [4.78, 5) is 0. The molecule has 0 spiro atoms. The molecule has 2 aromatic rings. The van der Waals surface area contributed by atoms with Crippen molar-refractivity contribution in [2.75, 3.05) is 6.61 Å². The maximum atomic E-state index is 14.3. The van der Waals surface area contributed by atoms with Gasteiger partial charge in [-0.2, -0.15) is 8.78 Å². The Morgan fingerprint density at radius 3 is 2.10 bits per heavy atom. The molecule has 8 heteroatoms. The predicted molar refractivity (Wildman–Crippen MR) is 94.2 cm³/mol. The first kappa shape index (κ1) is 21.3. The highest BCUT2D eigenvalue weighted by atomic mass is 19.3. The van der Waals surface area contributed by atoms with Gasteiger partial charge in [-0.3, -0.25) is 0 Å². The summed E-state index contributed by atoms with van der Waals surface area (Å²) in [6.45, 7) is 0.773. The molecule has 1 saturated carbocycles. The van der Waals surface area contributed by atoms with Crippen LogP contribution in [0.25, 0.3) is 0 Å². The summed E-state index contributed by atoms with van der Waals surface area (Å²) in [6, 6.07) is 4.76. The Hall–Kier alpha value is -2.38. The van der Waals surface area contributed by atoms with Crippen LogP contribution in [-0.4, -0.2) is 12.7 Å². The van der Waals surface area contributed by atoms with Crippen molar-refractivity contribution >= 4 is 0 Å². The van der Waals surface area contributed by atoms with E-state index in [9.17, 15) is 26.3 Å². The van der Waals surface area contributed by atoms with Crippen molar-refractivity contribution in [1.29, 1.82) is 0 Å². The van der Waals surface area contributed by atoms with E-state index in [2.05, 4.69) is 11.7 Å². The van der Waals surface area contributed by atoms with E-state index in [4.69, 9.17) is 4.74 Å². The van der Waals surface area contributed by atoms with Crippen LogP contribution in [0.15, 0.2) is 30.3 Å². The highest BCUT2D eigenvalue weighted by Gasteiger charge is 2.34. The Bertz CT molecular complexity index is 839. The van der Waals surface area contributed by atoms with Gasteiger partial charge in [-0.1, -0.05) is 25.8 Å². The first-order valence-corrected chi connectivity index (χ1v) is 9.28. The van der Waals surface area contributed by atoms with Crippen molar-refractivity contribution in [3.05, 3.63) is 59.2 Å². The van der Waals surface area contributed by atoms with Gasteiger partial charge in [-0.05, 0) is 42.4 Å². The Labute approximate surface area is 164 Å². The standard InChI is InChI=1S/C21H20F6O2/c1-12-2-4-13(5-3-12)14-6-7-19(16(22)8-14)28-11-21(26,27)29-15-9-17(23)20(25)18(24)10-15/h6-10,12-13H,2-5,11H2,1H3. The zero-order chi connectivity index (χ0) is 21.2. The van der Waals surface area contributed by atoms with E-state index in [1.54, 1.807) is 6.07 Å². The smallest absolute Gasteiger partial charge is 0.433 e. The molecular weight excluding hydrogens is 398 g/mol. The molecule has 158 valence electrons. The second-order valence-corrected chi connectivity index (χ2v) is 7.38. The first-order valence-electron chi connectivity index (χ1n) is 9.28. The van der Waals surface area contributed by atoms with Crippen LogP contribution < -0.4 is 9.47 Å². The molecule has 3 rings (SSSR count). The molecule has 0 heterocycles. The fourth-order valence-electron chi connectivity index (χ4n) is 3.44.